The summed E-state index contributed by atoms with van der Waals surface area (Å²) < 4.78 is 18.2. The minimum absolute atomic E-state index is 0.263. The van der Waals surface area contributed by atoms with Crippen molar-refractivity contribution in [1.82, 2.24) is 9.97 Å². The Kier molecular flexibility index (Phi) is 2.57. The zero-order chi connectivity index (χ0) is 11.7. The number of hydrogen-bond acceptors (Lipinski definition) is 3. The number of ether oxygens (including phenoxy) is 1. The summed E-state index contributed by atoms with van der Waals surface area (Å²) in [6.07, 6.45) is 0. The van der Waals surface area contributed by atoms with Crippen LogP contribution in [0, 0.1) is 5.82 Å². The third-order valence-corrected chi connectivity index (χ3v) is 2.13. The summed E-state index contributed by atoms with van der Waals surface area (Å²) in [6.45, 7) is 0.263. The predicted molar refractivity (Wildman–Crippen MR) is 53.7 cm³/mol. The van der Waals surface area contributed by atoms with Gasteiger partial charge in [0.1, 0.15) is 18.2 Å². The van der Waals surface area contributed by atoms with E-state index in [1.54, 1.807) is 0 Å². The number of methoxy groups -OCH3 is 1. The highest BCUT2D eigenvalue weighted by molar-refractivity contribution is 5.92. The molecule has 2 rings (SSSR count). The smallest absolute Gasteiger partial charge is 0.338 e. The van der Waals surface area contributed by atoms with E-state index in [9.17, 15) is 9.18 Å². The maximum atomic E-state index is 13.3. The van der Waals surface area contributed by atoms with E-state index >= 15 is 0 Å². The summed E-state index contributed by atoms with van der Waals surface area (Å²) in [5, 5.41) is 8.73. The van der Waals surface area contributed by atoms with Gasteiger partial charge in [-0.3, -0.25) is 0 Å². The third-order valence-electron chi connectivity index (χ3n) is 2.13. The lowest BCUT2D eigenvalue weighted by atomic mass is 10.2. The minimum Gasteiger partial charge on any atom is -0.478 e. The van der Waals surface area contributed by atoms with E-state index in [0.29, 0.717) is 16.9 Å². The largest absolute Gasteiger partial charge is 0.478 e. The van der Waals surface area contributed by atoms with Crippen LogP contribution in [0.2, 0.25) is 0 Å². The fourth-order valence-electron chi connectivity index (χ4n) is 1.45. The van der Waals surface area contributed by atoms with Crippen molar-refractivity contribution in [2.24, 2.45) is 0 Å². The predicted octanol–water partition coefficient (Wildman–Crippen LogP) is 1.55. The van der Waals surface area contributed by atoms with Crippen LogP contribution in [-0.2, 0) is 11.3 Å². The lowest BCUT2D eigenvalue weighted by Crippen LogP contribution is -1.99. The maximum absolute atomic E-state index is 13.3. The molecule has 84 valence electrons. The standard InChI is InChI=1S/C10H9FN2O3/c1-16-4-9-12-7-2-5(10(14)15)6(11)3-8(7)13-9/h2-3H,4H2,1H3,(H,12,13)(H,14,15). The Hall–Kier alpha value is -1.95. The first-order valence-electron chi connectivity index (χ1n) is 4.52. The molecule has 0 radical (unpaired) electrons. The molecule has 1 heterocycles. The summed E-state index contributed by atoms with van der Waals surface area (Å²) in [4.78, 5) is 17.6. The fourth-order valence-corrected chi connectivity index (χ4v) is 1.45. The number of hydrogen-bond donors (Lipinski definition) is 2. The van der Waals surface area contributed by atoms with Gasteiger partial charge in [-0.05, 0) is 6.07 Å². The summed E-state index contributed by atoms with van der Waals surface area (Å²) in [7, 11) is 1.51. The number of carbonyl (C=O) groups is 1. The van der Waals surface area contributed by atoms with Gasteiger partial charge in [0.25, 0.3) is 0 Å². The van der Waals surface area contributed by atoms with Crippen LogP contribution in [-0.4, -0.2) is 28.2 Å². The van der Waals surface area contributed by atoms with Crippen molar-refractivity contribution in [2.45, 2.75) is 6.61 Å². The second-order valence-electron chi connectivity index (χ2n) is 3.27. The second-order valence-corrected chi connectivity index (χ2v) is 3.27. The number of H-pyrrole nitrogens is 1. The summed E-state index contributed by atoms with van der Waals surface area (Å²) in [6, 6.07) is 2.31. The Morgan fingerprint density at radius 3 is 3.00 bits per heavy atom. The van der Waals surface area contributed by atoms with Gasteiger partial charge < -0.3 is 14.8 Å². The van der Waals surface area contributed by atoms with E-state index < -0.39 is 11.8 Å². The number of rotatable bonds is 3. The molecular formula is C10H9FN2O3. The first-order valence-corrected chi connectivity index (χ1v) is 4.52. The molecule has 2 N–H and O–H groups in total. The molecule has 2 aromatic rings. The highest BCUT2D eigenvalue weighted by Crippen LogP contribution is 2.17. The van der Waals surface area contributed by atoms with Crippen molar-refractivity contribution in [2.75, 3.05) is 7.11 Å². The van der Waals surface area contributed by atoms with Crippen molar-refractivity contribution < 1.29 is 19.0 Å². The first kappa shape index (κ1) is 10.6. The summed E-state index contributed by atoms with van der Waals surface area (Å²) >= 11 is 0. The molecule has 5 nitrogen and oxygen atoms in total. The van der Waals surface area contributed by atoms with E-state index in [-0.39, 0.29) is 12.2 Å². The SMILES string of the molecule is COCc1nc2cc(C(=O)O)c(F)cc2[nH]1. The van der Waals surface area contributed by atoms with Crippen molar-refractivity contribution in [3.05, 3.63) is 29.3 Å². The van der Waals surface area contributed by atoms with Crippen LogP contribution in [0.4, 0.5) is 4.39 Å². The molecule has 0 fully saturated rings. The van der Waals surface area contributed by atoms with Gasteiger partial charge in [-0.15, -0.1) is 0 Å². The molecule has 0 saturated heterocycles. The molecule has 0 aliphatic heterocycles. The Labute approximate surface area is 89.9 Å². The van der Waals surface area contributed by atoms with Crippen molar-refractivity contribution in [1.29, 1.82) is 0 Å². The zero-order valence-corrected chi connectivity index (χ0v) is 8.45. The van der Waals surface area contributed by atoms with Crippen molar-refractivity contribution in [3.63, 3.8) is 0 Å². The number of imidazole rings is 1. The molecule has 0 spiro atoms. The van der Waals surface area contributed by atoms with Crippen LogP contribution >= 0.6 is 0 Å². The number of aromatic carboxylic acids is 1. The Morgan fingerprint density at radius 1 is 1.62 bits per heavy atom. The quantitative estimate of drug-likeness (QED) is 0.829. The number of nitrogens with one attached hydrogen (secondary N) is 1. The monoisotopic (exact) mass is 224 g/mol. The van der Waals surface area contributed by atoms with E-state index in [1.807, 2.05) is 0 Å². The lowest BCUT2D eigenvalue weighted by Gasteiger charge is -1.95. The van der Waals surface area contributed by atoms with Gasteiger partial charge in [-0.25, -0.2) is 14.2 Å². The lowest BCUT2D eigenvalue weighted by molar-refractivity contribution is 0.0692. The van der Waals surface area contributed by atoms with Crippen molar-refractivity contribution >= 4 is 17.0 Å². The summed E-state index contributed by atoms with van der Waals surface area (Å²) in [5.74, 6) is -1.57. The van der Waals surface area contributed by atoms with Crippen LogP contribution < -0.4 is 0 Å². The van der Waals surface area contributed by atoms with Gasteiger partial charge >= 0.3 is 5.97 Å². The van der Waals surface area contributed by atoms with Gasteiger partial charge in [0, 0.05) is 13.2 Å². The topological polar surface area (TPSA) is 75.2 Å². The van der Waals surface area contributed by atoms with Gasteiger partial charge in [0.2, 0.25) is 0 Å². The molecule has 1 aromatic heterocycles. The summed E-state index contributed by atoms with van der Waals surface area (Å²) in [5.41, 5.74) is 0.475. The highest BCUT2D eigenvalue weighted by Gasteiger charge is 2.13. The molecule has 0 bridgehead atoms. The van der Waals surface area contributed by atoms with E-state index in [4.69, 9.17) is 9.84 Å². The number of aromatic nitrogens is 2. The second kappa shape index (κ2) is 3.90. The number of aromatic amines is 1. The molecule has 1 aromatic carbocycles. The molecule has 0 aliphatic rings. The zero-order valence-electron chi connectivity index (χ0n) is 8.45. The van der Waals surface area contributed by atoms with Crippen LogP contribution in [0.3, 0.4) is 0 Å². The third kappa shape index (κ3) is 1.74. The Bertz CT molecular complexity index is 550. The van der Waals surface area contributed by atoms with E-state index in [1.165, 1.54) is 13.2 Å². The highest BCUT2D eigenvalue weighted by atomic mass is 19.1. The molecule has 0 aliphatic carbocycles. The van der Waals surface area contributed by atoms with Crippen LogP contribution in [0.15, 0.2) is 12.1 Å². The number of carboxylic acids is 1. The maximum Gasteiger partial charge on any atom is 0.338 e. The van der Waals surface area contributed by atoms with Gasteiger partial charge in [0.05, 0.1) is 16.6 Å². The van der Waals surface area contributed by atoms with Crippen LogP contribution in [0.5, 0.6) is 0 Å². The molecule has 6 heteroatoms. The number of benzene rings is 1. The molecule has 16 heavy (non-hydrogen) atoms. The fraction of sp³-hybridized carbons (Fsp3) is 0.200. The number of carboxylic acid groups (broad SMARTS) is 1. The first-order chi connectivity index (χ1) is 7.61. The Balaban J connectivity index is 2.56. The van der Waals surface area contributed by atoms with Crippen LogP contribution in [0.1, 0.15) is 16.2 Å². The van der Waals surface area contributed by atoms with Gasteiger partial charge in [-0.1, -0.05) is 0 Å². The average molecular weight is 224 g/mol. The van der Waals surface area contributed by atoms with Gasteiger partial charge in [-0.2, -0.15) is 0 Å². The molecule has 0 saturated carbocycles. The Morgan fingerprint density at radius 2 is 2.38 bits per heavy atom. The number of fused-ring (bicyclic) bond motifs is 1. The molecule has 0 atom stereocenters. The number of halogens is 1. The molecule has 0 unspecified atom stereocenters. The molecule has 0 amide bonds. The molecular weight excluding hydrogens is 215 g/mol. The van der Waals surface area contributed by atoms with Gasteiger partial charge in [0.15, 0.2) is 0 Å². The van der Waals surface area contributed by atoms with Crippen molar-refractivity contribution in [3.8, 4) is 0 Å². The average Bonchev–Trinajstić information content (AvgIpc) is 2.58. The van der Waals surface area contributed by atoms with Crippen LogP contribution in [0.25, 0.3) is 11.0 Å². The normalized spacial score (nSPS) is 10.9. The minimum atomic E-state index is -1.31. The number of nitrogens with zero attached hydrogens (tertiary/aromatic N) is 1. The van der Waals surface area contributed by atoms with E-state index in [0.717, 1.165) is 6.07 Å². The van der Waals surface area contributed by atoms with E-state index in [2.05, 4.69) is 9.97 Å².